The van der Waals surface area contributed by atoms with Gasteiger partial charge >= 0.3 is 0 Å². The fourth-order valence-electron chi connectivity index (χ4n) is 3.55. The summed E-state index contributed by atoms with van der Waals surface area (Å²) < 4.78 is 16.3. The molecule has 1 aromatic carbocycles. The highest BCUT2D eigenvalue weighted by Gasteiger charge is 2.34. The summed E-state index contributed by atoms with van der Waals surface area (Å²) in [6.45, 7) is 4.79. The summed E-state index contributed by atoms with van der Waals surface area (Å²) in [6, 6.07) is 9.92. The summed E-state index contributed by atoms with van der Waals surface area (Å²) in [4.78, 5) is 17.0. The Kier molecular flexibility index (Phi) is 4.95. The number of carbonyl (C=O) groups is 1. The van der Waals surface area contributed by atoms with Crippen molar-refractivity contribution in [2.75, 3.05) is 40.0 Å². The Bertz CT molecular complexity index is 767. The highest BCUT2D eigenvalue weighted by molar-refractivity contribution is 5.94. The van der Waals surface area contributed by atoms with Crippen LogP contribution in [0.2, 0.25) is 0 Å². The van der Waals surface area contributed by atoms with E-state index < -0.39 is 0 Å². The summed E-state index contributed by atoms with van der Waals surface area (Å²) in [5.74, 6) is 1.67. The lowest BCUT2D eigenvalue weighted by Crippen LogP contribution is -2.45. The second kappa shape index (κ2) is 7.51. The molecule has 2 fully saturated rings. The zero-order chi connectivity index (χ0) is 17.9. The minimum atomic E-state index is 0.0287. The first-order chi connectivity index (χ1) is 12.7. The van der Waals surface area contributed by atoms with E-state index in [1.165, 1.54) is 0 Å². The average Bonchev–Trinajstić information content (AvgIpc) is 3.10. The first-order valence-electron chi connectivity index (χ1n) is 9.07. The third-order valence-electron chi connectivity index (χ3n) is 5.14. The van der Waals surface area contributed by atoms with E-state index in [-0.39, 0.29) is 11.9 Å². The lowest BCUT2D eigenvalue weighted by molar-refractivity contribution is 0.0313. The molecule has 26 heavy (non-hydrogen) atoms. The van der Waals surface area contributed by atoms with Gasteiger partial charge < -0.3 is 18.8 Å². The normalized spacial score (nSPS) is 20.7. The monoisotopic (exact) mass is 356 g/mol. The SMILES string of the molecule is COc1cccc(C2CCN2C(=O)c2coc(CN3CCOCC3)c2)c1. The molecule has 1 atom stereocenters. The summed E-state index contributed by atoms with van der Waals surface area (Å²) in [6.07, 6.45) is 2.55. The molecule has 0 spiro atoms. The van der Waals surface area contributed by atoms with Gasteiger partial charge in [0.25, 0.3) is 5.91 Å². The van der Waals surface area contributed by atoms with Crippen molar-refractivity contribution in [3.05, 3.63) is 53.5 Å². The van der Waals surface area contributed by atoms with Gasteiger partial charge in [0.05, 0.1) is 38.5 Å². The minimum absolute atomic E-state index is 0.0287. The number of rotatable bonds is 5. The van der Waals surface area contributed by atoms with Crippen molar-refractivity contribution in [1.29, 1.82) is 0 Å². The highest BCUT2D eigenvalue weighted by Crippen LogP contribution is 2.36. The molecule has 3 heterocycles. The quantitative estimate of drug-likeness (QED) is 0.824. The molecule has 138 valence electrons. The number of benzene rings is 1. The predicted molar refractivity (Wildman–Crippen MR) is 96.2 cm³/mol. The number of nitrogens with zero attached hydrogens (tertiary/aromatic N) is 2. The van der Waals surface area contributed by atoms with Crippen molar-refractivity contribution >= 4 is 5.91 Å². The van der Waals surface area contributed by atoms with Gasteiger partial charge in [0.1, 0.15) is 17.8 Å². The maximum absolute atomic E-state index is 12.9. The topological polar surface area (TPSA) is 55.2 Å². The number of ether oxygens (including phenoxy) is 2. The maximum atomic E-state index is 12.9. The Morgan fingerprint density at radius 3 is 2.81 bits per heavy atom. The summed E-state index contributed by atoms with van der Waals surface area (Å²) in [5, 5.41) is 0. The molecule has 1 amide bonds. The number of carbonyl (C=O) groups excluding carboxylic acids is 1. The van der Waals surface area contributed by atoms with Crippen LogP contribution in [0.3, 0.4) is 0 Å². The lowest BCUT2D eigenvalue weighted by Gasteiger charge is -2.41. The first kappa shape index (κ1) is 17.1. The van der Waals surface area contributed by atoms with Crippen molar-refractivity contribution in [2.45, 2.75) is 19.0 Å². The van der Waals surface area contributed by atoms with E-state index in [1.807, 2.05) is 35.2 Å². The number of hydrogen-bond acceptors (Lipinski definition) is 5. The summed E-state index contributed by atoms with van der Waals surface area (Å²) in [7, 11) is 1.66. The molecule has 2 saturated heterocycles. The van der Waals surface area contributed by atoms with E-state index in [0.717, 1.165) is 62.9 Å². The van der Waals surface area contributed by atoms with Crippen molar-refractivity contribution in [1.82, 2.24) is 9.80 Å². The zero-order valence-corrected chi connectivity index (χ0v) is 15.0. The standard InChI is InChI=1S/C20H24N2O4/c1-24-17-4-2-3-15(11-17)19-5-6-22(19)20(23)16-12-18(26-14-16)13-21-7-9-25-10-8-21/h2-4,11-12,14,19H,5-10,13H2,1H3. The van der Waals surface area contributed by atoms with Crippen LogP contribution in [-0.4, -0.2) is 55.7 Å². The van der Waals surface area contributed by atoms with Crippen LogP contribution in [0.25, 0.3) is 0 Å². The largest absolute Gasteiger partial charge is 0.497 e. The smallest absolute Gasteiger partial charge is 0.257 e. The fraction of sp³-hybridized carbons (Fsp3) is 0.450. The van der Waals surface area contributed by atoms with Crippen molar-refractivity contribution in [3.63, 3.8) is 0 Å². The Hall–Kier alpha value is -2.31. The van der Waals surface area contributed by atoms with Crippen LogP contribution in [0, 0.1) is 0 Å². The molecule has 1 aromatic heterocycles. The van der Waals surface area contributed by atoms with Gasteiger partial charge in [-0.25, -0.2) is 0 Å². The molecule has 2 aromatic rings. The Morgan fingerprint density at radius 2 is 2.08 bits per heavy atom. The molecule has 0 radical (unpaired) electrons. The van der Waals surface area contributed by atoms with Gasteiger partial charge in [-0.3, -0.25) is 9.69 Å². The Balaban J connectivity index is 1.42. The Labute approximate surface area is 153 Å². The van der Waals surface area contributed by atoms with Crippen LogP contribution in [0.4, 0.5) is 0 Å². The molecule has 0 aliphatic carbocycles. The number of hydrogen-bond donors (Lipinski definition) is 0. The predicted octanol–water partition coefficient (Wildman–Crippen LogP) is 2.71. The van der Waals surface area contributed by atoms with Crippen LogP contribution in [0.5, 0.6) is 5.75 Å². The average molecular weight is 356 g/mol. The second-order valence-electron chi connectivity index (χ2n) is 6.77. The minimum Gasteiger partial charge on any atom is -0.497 e. The number of morpholine rings is 1. The second-order valence-corrected chi connectivity index (χ2v) is 6.77. The number of furan rings is 1. The van der Waals surface area contributed by atoms with Gasteiger partial charge in [-0.15, -0.1) is 0 Å². The molecule has 2 aliphatic rings. The van der Waals surface area contributed by atoms with Crippen LogP contribution >= 0.6 is 0 Å². The maximum Gasteiger partial charge on any atom is 0.257 e. The van der Waals surface area contributed by atoms with Crippen LogP contribution in [-0.2, 0) is 11.3 Å². The Morgan fingerprint density at radius 1 is 1.23 bits per heavy atom. The van der Waals surface area contributed by atoms with Crippen LogP contribution in [0.1, 0.15) is 34.1 Å². The van der Waals surface area contributed by atoms with E-state index in [4.69, 9.17) is 13.9 Å². The van der Waals surface area contributed by atoms with Gasteiger partial charge in [-0.2, -0.15) is 0 Å². The fourth-order valence-corrected chi connectivity index (χ4v) is 3.55. The molecular formula is C20H24N2O4. The third-order valence-corrected chi connectivity index (χ3v) is 5.14. The molecule has 4 rings (SSSR count). The highest BCUT2D eigenvalue weighted by atomic mass is 16.5. The third kappa shape index (κ3) is 3.48. The molecule has 0 saturated carbocycles. The van der Waals surface area contributed by atoms with Crippen LogP contribution < -0.4 is 4.74 Å². The van der Waals surface area contributed by atoms with Gasteiger partial charge in [-0.1, -0.05) is 12.1 Å². The van der Waals surface area contributed by atoms with Crippen molar-refractivity contribution < 1.29 is 18.7 Å². The number of likely N-dealkylation sites (tertiary alicyclic amines) is 1. The molecule has 0 N–H and O–H groups in total. The summed E-state index contributed by atoms with van der Waals surface area (Å²) >= 11 is 0. The zero-order valence-electron chi connectivity index (χ0n) is 15.0. The molecule has 0 bridgehead atoms. The van der Waals surface area contributed by atoms with Gasteiger partial charge in [0.2, 0.25) is 0 Å². The molecule has 6 heteroatoms. The molecule has 1 unspecified atom stereocenters. The van der Waals surface area contributed by atoms with E-state index in [0.29, 0.717) is 5.56 Å². The van der Waals surface area contributed by atoms with E-state index in [9.17, 15) is 4.79 Å². The number of amides is 1. The summed E-state index contributed by atoms with van der Waals surface area (Å²) in [5.41, 5.74) is 1.74. The van der Waals surface area contributed by atoms with Gasteiger partial charge in [0, 0.05) is 19.6 Å². The molecule has 2 aliphatic heterocycles. The van der Waals surface area contributed by atoms with E-state index in [2.05, 4.69) is 4.90 Å². The van der Waals surface area contributed by atoms with E-state index in [1.54, 1.807) is 13.4 Å². The van der Waals surface area contributed by atoms with E-state index >= 15 is 0 Å². The first-order valence-corrected chi connectivity index (χ1v) is 9.07. The van der Waals surface area contributed by atoms with Crippen molar-refractivity contribution in [2.24, 2.45) is 0 Å². The van der Waals surface area contributed by atoms with Crippen molar-refractivity contribution in [3.8, 4) is 5.75 Å². The van der Waals surface area contributed by atoms with Gasteiger partial charge in [0.15, 0.2) is 0 Å². The lowest BCUT2D eigenvalue weighted by atomic mass is 9.94. The molecular weight excluding hydrogens is 332 g/mol. The molecule has 6 nitrogen and oxygen atoms in total. The van der Waals surface area contributed by atoms with Crippen LogP contribution in [0.15, 0.2) is 41.0 Å². The van der Waals surface area contributed by atoms with Gasteiger partial charge in [-0.05, 0) is 30.2 Å². The number of methoxy groups -OCH3 is 1.